The molecule has 0 fully saturated rings. The molecule has 104 heavy (non-hydrogen) atoms. The highest BCUT2D eigenvalue weighted by Gasteiger charge is 2.98. The number of carbonyl (C=O) groups is 2. The highest BCUT2D eigenvalue weighted by molar-refractivity contribution is 6.00. The Labute approximate surface area is 525 Å². The highest BCUT2D eigenvalue weighted by Crippen LogP contribution is 2.69. The summed E-state index contributed by atoms with van der Waals surface area (Å²) in [7, 11) is 0. The lowest BCUT2D eigenvalue weighted by atomic mass is 9.86. The van der Waals surface area contributed by atoms with Crippen molar-refractivity contribution in [3.63, 3.8) is 0 Å². The fraction of sp³-hybridized carbons (Fsp3) is 0.900. The van der Waals surface area contributed by atoms with Gasteiger partial charge in [-0.05, 0) is 12.8 Å². The Morgan fingerprint density at radius 3 is 0.413 bits per heavy atom. The summed E-state index contributed by atoms with van der Waals surface area (Å²) in [5.41, 5.74) is -8.48. The Bertz CT molecular complexity index is 2850. The van der Waals surface area contributed by atoms with Crippen molar-refractivity contribution in [2.45, 2.75) is 205 Å². The topological polar surface area (TPSA) is 52.6 Å². The van der Waals surface area contributed by atoms with E-state index in [-0.39, 0.29) is 0 Å². The Morgan fingerprint density at radius 1 is 0.163 bits per heavy atom. The molecule has 0 N–H and O–H groups in total. The van der Waals surface area contributed by atoms with Crippen LogP contribution in [0.3, 0.4) is 0 Å². The third kappa shape index (κ3) is 14.2. The molecule has 0 rings (SSSR count). The van der Waals surface area contributed by atoms with Gasteiger partial charge in [0.2, 0.25) is 0 Å². The molecule has 0 unspecified atom stereocenters. The van der Waals surface area contributed by atoms with Crippen molar-refractivity contribution in [3.8, 4) is 0 Å². The highest BCUT2D eigenvalue weighted by atomic mass is 19.5. The SMILES string of the molecule is O=C(OCCC(F)(F)C(F)(F)C(F)(F)C(F)(F)C(F)(F)C(F)(F)F)/C(CCC(F)(F)C(F)(F)C(F)(F)C(F)(F)C(F)(F)C(F)(F)C(F)(F)C(F)(F)F)=C(\CCC(F)(F)C(F)(F)C(F)(F)C(F)(F)C(F)(F)C(F)(F)C(F)(F)C(F)(F)F)C(=O)OCCC(F)(F)C(F)(F)C(F)(F)C(F)(F)C(F)(F)C(F)(F)F. The standard InChI is InChI=1S/C40H16F60O4/c41-13(42,17(49,50)21(57,58)25(65,66)27(69,70)31(77,78)35(85,86)39(95,96)97)3-1-9(11(101)103-7-5-15(45,46)19(53,54)23(61,62)29(73,74)33(81,82)37(89,90)91)10(12(102)104-8-6-16(47,48)20(55,56)24(63,64)30(75,76)34(83,84)38(92,93)94)2-4-14(43,44)18(51,52)22(59,60)26(67,68)28(71,72)32(79,80)36(87,88)40(98,99)100/h1-8H2/b10-9+. The first-order valence-corrected chi connectivity index (χ1v) is 23.6. The maximum absolute atomic E-state index is 15.2. The van der Waals surface area contributed by atoms with Crippen LogP contribution in [0.1, 0.15) is 38.5 Å². The van der Waals surface area contributed by atoms with Crippen LogP contribution in [0.2, 0.25) is 0 Å². The van der Waals surface area contributed by atoms with Crippen LogP contribution in [0.5, 0.6) is 0 Å². The van der Waals surface area contributed by atoms with Gasteiger partial charge in [0.05, 0.1) is 26.1 Å². The molecule has 64 heteroatoms. The van der Waals surface area contributed by atoms with Gasteiger partial charge in [-0.3, -0.25) is 0 Å². The average Bonchev–Trinajstić information content (AvgIpc) is 0.710. The molecular weight excluding hydrogens is 1680 g/mol. The second-order valence-corrected chi connectivity index (χ2v) is 20.0. The summed E-state index contributed by atoms with van der Waals surface area (Å²) in [6.45, 7) is -7.97. The Balaban J connectivity index is 9.48. The van der Waals surface area contributed by atoms with Crippen molar-refractivity contribution in [2.24, 2.45) is 0 Å². The molecule has 0 saturated heterocycles. The van der Waals surface area contributed by atoms with Crippen LogP contribution in [0.25, 0.3) is 0 Å². The van der Waals surface area contributed by atoms with Gasteiger partial charge in [-0.2, -0.15) is 263 Å². The van der Waals surface area contributed by atoms with Gasteiger partial charge < -0.3 is 9.47 Å². The van der Waals surface area contributed by atoms with Gasteiger partial charge in [0.25, 0.3) is 0 Å². The number of ether oxygens (including phenoxy) is 2. The van der Waals surface area contributed by atoms with E-state index in [2.05, 4.69) is 9.47 Å². The lowest BCUT2D eigenvalue weighted by molar-refractivity contribution is -0.461. The summed E-state index contributed by atoms with van der Waals surface area (Å²) >= 11 is 0. The van der Waals surface area contributed by atoms with E-state index < -0.39 is 242 Å². The first kappa shape index (κ1) is 98.5. The van der Waals surface area contributed by atoms with E-state index in [4.69, 9.17) is 0 Å². The second kappa shape index (κ2) is 26.7. The van der Waals surface area contributed by atoms with Gasteiger partial charge >= 0.3 is 179 Å². The monoisotopic (exact) mass is 1700 g/mol. The van der Waals surface area contributed by atoms with Crippen LogP contribution in [0, 0.1) is 0 Å². The molecule has 4 nitrogen and oxygen atoms in total. The molecule has 0 spiro atoms. The van der Waals surface area contributed by atoms with E-state index in [9.17, 15) is 255 Å². The normalized spacial score (nSPS) is 16.8. The Kier molecular flexibility index (Phi) is 25.2. The molecule has 0 aliphatic carbocycles. The molecule has 0 aromatic carbocycles. The maximum Gasteiger partial charge on any atom is 0.460 e. The predicted octanol–water partition coefficient (Wildman–Crippen LogP) is 21.2. The second-order valence-electron chi connectivity index (χ2n) is 20.0. The number of halogens is 60. The Morgan fingerprint density at radius 2 is 0.279 bits per heavy atom. The molecule has 0 aliphatic rings. The van der Waals surface area contributed by atoms with Crippen LogP contribution >= 0.6 is 0 Å². The van der Waals surface area contributed by atoms with Crippen molar-refractivity contribution >= 4 is 11.9 Å². The predicted molar refractivity (Wildman–Crippen MR) is 200 cm³/mol. The molecule has 0 bridgehead atoms. The minimum Gasteiger partial charge on any atom is -0.462 e. The fourth-order valence-corrected chi connectivity index (χ4v) is 6.66. The van der Waals surface area contributed by atoms with Gasteiger partial charge in [0.1, 0.15) is 0 Å². The number of alkyl halides is 60. The summed E-state index contributed by atoms with van der Waals surface area (Å²) in [6, 6.07) is 0. The molecule has 620 valence electrons. The van der Waals surface area contributed by atoms with Crippen LogP contribution in [0.4, 0.5) is 263 Å². The zero-order chi connectivity index (χ0) is 85.4. The molecule has 0 amide bonds. The largest absolute Gasteiger partial charge is 0.462 e. The quantitative estimate of drug-likeness (QED) is 0.0366. The number of rotatable bonds is 34. The summed E-state index contributed by atoms with van der Waals surface area (Å²) in [5.74, 6) is -229. The van der Waals surface area contributed by atoms with E-state index in [1.165, 1.54) is 0 Å². The summed E-state index contributed by atoms with van der Waals surface area (Å²) in [5, 5.41) is 0. The van der Waals surface area contributed by atoms with Crippen LogP contribution in [-0.4, -0.2) is 192 Å². The van der Waals surface area contributed by atoms with Crippen LogP contribution in [0.15, 0.2) is 11.1 Å². The van der Waals surface area contributed by atoms with E-state index >= 15 is 17.6 Å². The van der Waals surface area contributed by atoms with Crippen molar-refractivity contribution in [1.29, 1.82) is 0 Å². The van der Waals surface area contributed by atoms with Crippen molar-refractivity contribution < 1.29 is 282 Å². The van der Waals surface area contributed by atoms with Crippen molar-refractivity contribution in [2.75, 3.05) is 13.2 Å². The molecule has 0 saturated carbocycles. The molecule has 0 aromatic heterocycles. The fourth-order valence-electron chi connectivity index (χ4n) is 6.66. The molecular formula is C40H16F60O4. The van der Waals surface area contributed by atoms with E-state index in [0.29, 0.717) is 0 Å². The van der Waals surface area contributed by atoms with E-state index in [1.807, 2.05) is 0 Å². The summed E-state index contributed by atoms with van der Waals surface area (Å²) in [6.07, 6.45) is -61.6. The van der Waals surface area contributed by atoms with Gasteiger partial charge in [-0.15, -0.1) is 0 Å². The molecule has 0 aromatic rings. The lowest BCUT2D eigenvalue weighted by Crippen LogP contribution is -2.74. The molecule has 0 radical (unpaired) electrons. The first-order chi connectivity index (χ1) is 44.2. The van der Waals surface area contributed by atoms with Crippen molar-refractivity contribution in [3.05, 3.63) is 11.1 Å². The summed E-state index contributed by atoms with van der Waals surface area (Å²) < 4.78 is 836. The van der Waals surface area contributed by atoms with Crippen LogP contribution in [-0.2, 0) is 19.1 Å². The Hall–Kier alpha value is -5.52. The number of esters is 2. The number of hydrogen-bond acceptors (Lipinski definition) is 4. The third-order valence-corrected chi connectivity index (χ3v) is 13.1. The lowest BCUT2D eigenvalue weighted by Gasteiger charge is -2.43. The maximum atomic E-state index is 15.2. The number of hydrogen-bond donors (Lipinski definition) is 0. The molecule has 0 atom stereocenters. The zero-order valence-corrected chi connectivity index (χ0v) is 46.0. The average molecular weight is 1700 g/mol. The van der Waals surface area contributed by atoms with Gasteiger partial charge in [-0.25, -0.2) is 9.59 Å². The van der Waals surface area contributed by atoms with Crippen LogP contribution < -0.4 is 0 Å². The van der Waals surface area contributed by atoms with Gasteiger partial charge in [0.15, 0.2) is 0 Å². The zero-order valence-electron chi connectivity index (χ0n) is 46.0. The third-order valence-electron chi connectivity index (χ3n) is 13.1. The minimum atomic E-state index is -9.89. The number of carbonyl (C=O) groups excluding carboxylic acids is 2. The van der Waals surface area contributed by atoms with E-state index in [0.717, 1.165) is 0 Å². The molecule has 0 heterocycles. The molecule has 0 aliphatic heterocycles. The summed E-state index contributed by atoms with van der Waals surface area (Å²) in [4.78, 5) is 26.1. The smallest absolute Gasteiger partial charge is 0.460 e. The first-order valence-electron chi connectivity index (χ1n) is 23.6. The van der Waals surface area contributed by atoms with Gasteiger partial charge in [-0.1, -0.05) is 0 Å². The minimum absolute atomic E-state index is 2.95. The van der Waals surface area contributed by atoms with Gasteiger partial charge in [0, 0.05) is 24.0 Å². The van der Waals surface area contributed by atoms with Crippen molar-refractivity contribution in [1.82, 2.24) is 0 Å². The van der Waals surface area contributed by atoms with E-state index in [1.54, 1.807) is 0 Å².